The third-order valence-electron chi connectivity index (χ3n) is 25.2. The molecule has 26 aromatic rings. The Bertz CT molecular complexity index is 8660. The minimum atomic E-state index is 1.08. The zero-order chi connectivity index (χ0) is 75.5. The number of aromatic nitrogens is 8. The van der Waals surface area contributed by atoms with Gasteiger partial charge in [0, 0.05) is 132 Å². The van der Waals surface area contributed by atoms with Gasteiger partial charge in [0.15, 0.2) is 0 Å². The van der Waals surface area contributed by atoms with E-state index in [1.807, 2.05) is 0 Å². The number of fused-ring (bicyclic) bond motifs is 27. The van der Waals surface area contributed by atoms with Crippen molar-refractivity contribution in [2.75, 3.05) is 0 Å². The van der Waals surface area contributed by atoms with Crippen molar-refractivity contribution in [1.29, 1.82) is 0 Å². The smallest absolute Gasteiger partial charge is 0.0789 e. The summed E-state index contributed by atoms with van der Waals surface area (Å²) in [5.41, 5.74) is 29.8. The maximum atomic E-state index is 2.54. The molecule has 116 heavy (non-hydrogen) atoms. The third-order valence-corrected chi connectivity index (χ3v) is 25.2. The predicted octanol–water partition coefficient (Wildman–Crippen LogP) is 28.1. The standard InChI is InChI=1S/C108H66N8/c1-5-26-68(27-6-1)110-91-41-19-16-37-80(91)89-65-90-81-38-17-20-42-92(81)111(101(90)66-100(89)110)73-51-55-75(56-52-73)114-95-45-23-15-36-79(95)86-60-61-88-102-76(40-25-47-97(102)115(108(88)107(86)114)70-30-9-3-10-31-70)67-48-57-82-83-62-63-98-103(104(83)116(99(82)64-67)71-32-11-4-12-33-71)87-39-18-24-46-96(87)109(98)72-49-53-74(54-50-72)113-94-44-22-14-35-78(94)85-59-58-84-77-34-13-21-43-93(77)112(105(84)106(85)113)69-28-7-2-8-29-69/h1-66H. The van der Waals surface area contributed by atoms with Gasteiger partial charge in [-0.25, -0.2) is 0 Å². The molecular formula is C108H66N8. The van der Waals surface area contributed by atoms with E-state index in [1.54, 1.807) is 0 Å². The molecule has 0 fully saturated rings. The van der Waals surface area contributed by atoms with Gasteiger partial charge in [0.2, 0.25) is 0 Å². The van der Waals surface area contributed by atoms with Crippen molar-refractivity contribution in [2.45, 2.75) is 0 Å². The molecule has 0 aliphatic carbocycles. The van der Waals surface area contributed by atoms with Gasteiger partial charge in [-0.3, -0.25) is 0 Å². The van der Waals surface area contributed by atoms with Crippen molar-refractivity contribution >= 4 is 174 Å². The van der Waals surface area contributed by atoms with Crippen molar-refractivity contribution in [2.24, 2.45) is 0 Å². The average molecular weight is 1480 g/mol. The molecule has 8 nitrogen and oxygen atoms in total. The number of rotatable bonds is 9. The lowest BCUT2D eigenvalue weighted by Crippen LogP contribution is -2.00. The summed E-state index contributed by atoms with van der Waals surface area (Å²) < 4.78 is 19.9. The summed E-state index contributed by atoms with van der Waals surface area (Å²) in [6, 6.07) is 149. The molecule has 8 aromatic heterocycles. The molecule has 0 bridgehead atoms. The van der Waals surface area contributed by atoms with Crippen LogP contribution in [0.3, 0.4) is 0 Å². The lowest BCUT2D eigenvalue weighted by molar-refractivity contribution is 1.13. The van der Waals surface area contributed by atoms with Crippen LogP contribution in [0.15, 0.2) is 400 Å². The van der Waals surface area contributed by atoms with Gasteiger partial charge in [-0.15, -0.1) is 0 Å². The van der Waals surface area contributed by atoms with Crippen LogP contribution in [-0.4, -0.2) is 36.5 Å². The lowest BCUT2D eigenvalue weighted by atomic mass is 9.97. The minimum Gasteiger partial charge on any atom is -0.309 e. The molecule has 0 radical (unpaired) electrons. The molecule has 538 valence electrons. The van der Waals surface area contributed by atoms with Gasteiger partial charge in [-0.05, 0) is 175 Å². The van der Waals surface area contributed by atoms with Crippen LogP contribution >= 0.6 is 0 Å². The molecule has 26 rings (SSSR count). The van der Waals surface area contributed by atoms with Crippen LogP contribution in [0, 0.1) is 0 Å². The van der Waals surface area contributed by atoms with Crippen LogP contribution in [0.1, 0.15) is 0 Å². The number of hydrogen-bond acceptors (Lipinski definition) is 0. The topological polar surface area (TPSA) is 39.4 Å². The zero-order valence-electron chi connectivity index (χ0n) is 62.7. The van der Waals surface area contributed by atoms with Crippen LogP contribution < -0.4 is 0 Å². The average Bonchev–Trinajstić information content (AvgIpc) is 1.54. The molecule has 0 amide bonds. The van der Waals surface area contributed by atoms with Gasteiger partial charge in [0.1, 0.15) is 0 Å². The van der Waals surface area contributed by atoms with Gasteiger partial charge in [0.05, 0.1) is 88.3 Å². The van der Waals surface area contributed by atoms with Crippen molar-refractivity contribution in [3.8, 4) is 56.6 Å². The fourth-order valence-corrected chi connectivity index (χ4v) is 20.5. The summed E-state index contributed by atoms with van der Waals surface area (Å²) in [5.74, 6) is 0. The molecule has 0 aliphatic heterocycles. The third kappa shape index (κ3) is 8.65. The first-order valence-electron chi connectivity index (χ1n) is 40.0. The maximum Gasteiger partial charge on any atom is 0.0789 e. The van der Waals surface area contributed by atoms with Gasteiger partial charge >= 0.3 is 0 Å². The SMILES string of the molecule is c1ccc(-n2c3ccccc3c3cc4c5ccccc5n(-c5ccc(-n6c7ccccc7c7ccc8c9c(-c%10ccc%11c%12ccc%13c(c%14ccccc%14n%13-c%13ccc(-n%14c%15ccccc%15c%15ccc%16c%17ccccc%17n(-c%17ccccc%17)c%16c%15%14)cc%13)c%12n(-c%12ccccc%12)c%11c%10)cccc9n(-c9ccccc9)c8c76)cc5)c4cc32)cc1. The Kier molecular flexibility index (Phi) is 13.0. The van der Waals surface area contributed by atoms with E-state index in [-0.39, 0.29) is 0 Å². The van der Waals surface area contributed by atoms with Gasteiger partial charge in [0.25, 0.3) is 0 Å². The van der Waals surface area contributed by atoms with E-state index >= 15 is 0 Å². The molecule has 0 saturated heterocycles. The number of benzene rings is 18. The first-order chi connectivity index (χ1) is 57.6. The molecule has 0 saturated carbocycles. The van der Waals surface area contributed by atoms with E-state index in [0.29, 0.717) is 0 Å². The fraction of sp³-hybridized carbons (Fsp3) is 0. The van der Waals surface area contributed by atoms with E-state index in [0.717, 1.165) is 95.2 Å². The summed E-state index contributed by atoms with van der Waals surface area (Å²) in [6.45, 7) is 0. The molecule has 0 N–H and O–H groups in total. The second-order valence-electron chi connectivity index (χ2n) is 31.1. The highest BCUT2D eigenvalue weighted by molar-refractivity contribution is 6.30. The maximum absolute atomic E-state index is 2.54. The highest BCUT2D eigenvalue weighted by Gasteiger charge is 2.29. The Balaban J connectivity index is 0.652. The van der Waals surface area contributed by atoms with Crippen LogP contribution in [-0.2, 0) is 0 Å². The van der Waals surface area contributed by atoms with Crippen molar-refractivity contribution < 1.29 is 0 Å². The van der Waals surface area contributed by atoms with Gasteiger partial charge in [-0.2, -0.15) is 0 Å². The van der Waals surface area contributed by atoms with Crippen LogP contribution in [0.4, 0.5) is 0 Å². The Morgan fingerprint density at radius 1 is 0.121 bits per heavy atom. The minimum absolute atomic E-state index is 1.08. The molecule has 0 atom stereocenters. The summed E-state index contributed by atoms with van der Waals surface area (Å²) in [4.78, 5) is 0. The normalized spacial score (nSPS) is 12.3. The molecule has 0 unspecified atom stereocenters. The first-order valence-corrected chi connectivity index (χ1v) is 40.0. The fourth-order valence-electron chi connectivity index (χ4n) is 20.5. The number of para-hydroxylation sites is 10. The van der Waals surface area contributed by atoms with Gasteiger partial charge in [-0.1, -0.05) is 237 Å². The highest BCUT2D eigenvalue weighted by atomic mass is 15.1. The van der Waals surface area contributed by atoms with Crippen LogP contribution in [0.2, 0.25) is 0 Å². The van der Waals surface area contributed by atoms with Crippen LogP contribution in [0.5, 0.6) is 0 Å². The van der Waals surface area contributed by atoms with Crippen molar-refractivity contribution in [3.63, 3.8) is 0 Å². The Labute approximate surface area is 663 Å². The van der Waals surface area contributed by atoms with E-state index < -0.39 is 0 Å². The lowest BCUT2D eigenvalue weighted by Gasteiger charge is -2.14. The second-order valence-corrected chi connectivity index (χ2v) is 31.1. The van der Waals surface area contributed by atoms with Crippen molar-refractivity contribution in [1.82, 2.24) is 36.5 Å². The summed E-state index contributed by atoms with van der Waals surface area (Å²) in [6.07, 6.45) is 0. The molecule has 8 heterocycles. The highest BCUT2D eigenvalue weighted by Crippen LogP contribution is 2.50. The Morgan fingerprint density at radius 2 is 0.388 bits per heavy atom. The zero-order valence-corrected chi connectivity index (χ0v) is 62.7. The molecule has 0 spiro atoms. The molecule has 18 aromatic carbocycles. The second kappa shape index (κ2) is 23.9. The van der Waals surface area contributed by atoms with Crippen molar-refractivity contribution in [3.05, 3.63) is 400 Å². The van der Waals surface area contributed by atoms with E-state index in [2.05, 4.69) is 437 Å². The summed E-state index contributed by atoms with van der Waals surface area (Å²) in [5, 5.41) is 19.4. The van der Waals surface area contributed by atoms with E-state index in [9.17, 15) is 0 Å². The van der Waals surface area contributed by atoms with E-state index in [4.69, 9.17) is 0 Å². The molecule has 0 aliphatic rings. The van der Waals surface area contributed by atoms with Gasteiger partial charge < -0.3 is 36.5 Å². The first kappa shape index (κ1) is 63.0. The van der Waals surface area contributed by atoms with Crippen LogP contribution in [0.25, 0.3) is 231 Å². The molecule has 8 heteroatoms. The quantitative estimate of drug-likeness (QED) is 0.138. The number of nitrogens with zero attached hydrogens (tertiary/aromatic N) is 8. The number of hydrogen-bond donors (Lipinski definition) is 0. The molecular weight excluding hydrogens is 1410 g/mol. The Hall–Kier alpha value is -15.6. The van der Waals surface area contributed by atoms with E-state index in [1.165, 1.54) is 136 Å². The summed E-state index contributed by atoms with van der Waals surface area (Å²) in [7, 11) is 0. The summed E-state index contributed by atoms with van der Waals surface area (Å²) >= 11 is 0. The largest absolute Gasteiger partial charge is 0.309 e. The Morgan fingerprint density at radius 3 is 0.836 bits per heavy atom. The monoisotopic (exact) mass is 1470 g/mol. The predicted molar refractivity (Wildman–Crippen MR) is 487 cm³/mol.